The molecular formula is C29H31NO4. The molecule has 1 heterocycles. The predicted molar refractivity (Wildman–Crippen MR) is 135 cm³/mol. The molecule has 2 N–H and O–H groups in total. The fourth-order valence-electron chi connectivity index (χ4n) is 4.06. The number of furan rings is 1. The Hall–Kier alpha value is -3.57. The summed E-state index contributed by atoms with van der Waals surface area (Å²) in [6, 6.07) is 22.0. The molecule has 0 fully saturated rings. The molecule has 0 spiro atoms. The van der Waals surface area contributed by atoms with Crippen LogP contribution in [0, 0.1) is 5.92 Å². The number of hydrogen-bond acceptors (Lipinski definition) is 5. The highest BCUT2D eigenvalue weighted by molar-refractivity contribution is 5.93. The van der Waals surface area contributed by atoms with Crippen molar-refractivity contribution in [3.05, 3.63) is 89.7 Å². The molecule has 0 radical (unpaired) electrons. The Bertz CT molecular complexity index is 1270. The highest BCUT2D eigenvalue weighted by Gasteiger charge is 2.15. The SMILES string of the molecule is CCOC(=O)Cc1ccccc1OCc1cc(-c2cccc(C(N)C(C)C)c2)c2occc2c1. The zero-order chi connectivity index (χ0) is 24.1. The van der Waals surface area contributed by atoms with Gasteiger partial charge in [0.1, 0.15) is 17.9 Å². The molecule has 0 bridgehead atoms. The molecule has 0 saturated carbocycles. The highest BCUT2D eigenvalue weighted by Crippen LogP contribution is 2.33. The first-order valence-electron chi connectivity index (χ1n) is 11.7. The zero-order valence-electron chi connectivity index (χ0n) is 19.9. The molecule has 5 nitrogen and oxygen atoms in total. The van der Waals surface area contributed by atoms with Crippen molar-refractivity contribution in [1.29, 1.82) is 0 Å². The molecule has 0 saturated heterocycles. The third-order valence-electron chi connectivity index (χ3n) is 5.92. The normalized spacial score (nSPS) is 12.1. The average Bonchev–Trinajstić information content (AvgIpc) is 3.31. The molecule has 5 heteroatoms. The molecule has 4 aromatic rings. The van der Waals surface area contributed by atoms with Crippen LogP contribution in [0.3, 0.4) is 0 Å². The summed E-state index contributed by atoms with van der Waals surface area (Å²) in [5.74, 6) is 0.753. The second-order valence-electron chi connectivity index (χ2n) is 8.76. The van der Waals surface area contributed by atoms with Crippen molar-refractivity contribution in [2.24, 2.45) is 11.7 Å². The quantitative estimate of drug-likeness (QED) is 0.293. The van der Waals surface area contributed by atoms with Crippen molar-refractivity contribution in [2.45, 2.75) is 39.8 Å². The molecular weight excluding hydrogens is 426 g/mol. The Morgan fingerprint density at radius 2 is 1.85 bits per heavy atom. The van der Waals surface area contributed by atoms with Crippen molar-refractivity contribution in [3.8, 4) is 16.9 Å². The molecule has 1 atom stereocenters. The van der Waals surface area contributed by atoms with E-state index in [0.29, 0.717) is 24.9 Å². The lowest BCUT2D eigenvalue weighted by Crippen LogP contribution is -2.16. The van der Waals surface area contributed by atoms with Gasteiger partial charge >= 0.3 is 5.97 Å². The fourth-order valence-corrected chi connectivity index (χ4v) is 4.06. The van der Waals surface area contributed by atoms with Gasteiger partial charge in [0.05, 0.1) is 19.3 Å². The largest absolute Gasteiger partial charge is 0.489 e. The monoisotopic (exact) mass is 457 g/mol. The van der Waals surface area contributed by atoms with Crippen LogP contribution < -0.4 is 10.5 Å². The number of benzene rings is 3. The maximum absolute atomic E-state index is 12.0. The van der Waals surface area contributed by atoms with Gasteiger partial charge in [-0.3, -0.25) is 4.79 Å². The van der Waals surface area contributed by atoms with Crippen molar-refractivity contribution < 1.29 is 18.7 Å². The van der Waals surface area contributed by atoms with Gasteiger partial charge in [-0.2, -0.15) is 0 Å². The van der Waals surface area contributed by atoms with E-state index in [-0.39, 0.29) is 18.4 Å². The van der Waals surface area contributed by atoms with Gasteiger partial charge in [0.15, 0.2) is 0 Å². The van der Waals surface area contributed by atoms with E-state index >= 15 is 0 Å². The second kappa shape index (κ2) is 10.6. The predicted octanol–water partition coefficient (Wildman–Crippen LogP) is 6.44. The van der Waals surface area contributed by atoms with Gasteiger partial charge in [0, 0.05) is 22.6 Å². The molecule has 0 amide bonds. The van der Waals surface area contributed by atoms with E-state index in [2.05, 4.69) is 44.2 Å². The third-order valence-corrected chi connectivity index (χ3v) is 5.92. The Balaban J connectivity index is 1.62. The van der Waals surface area contributed by atoms with Crippen LogP contribution in [0.15, 0.2) is 77.4 Å². The average molecular weight is 458 g/mol. The van der Waals surface area contributed by atoms with Gasteiger partial charge in [-0.15, -0.1) is 0 Å². The minimum atomic E-state index is -0.264. The van der Waals surface area contributed by atoms with Crippen molar-refractivity contribution >= 4 is 16.9 Å². The second-order valence-corrected chi connectivity index (χ2v) is 8.76. The summed E-state index contributed by atoms with van der Waals surface area (Å²) in [6.07, 6.45) is 1.88. The van der Waals surface area contributed by atoms with Gasteiger partial charge in [0.25, 0.3) is 0 Å². The number of esters is 1. The summed E-state index contributed by atoms with van der Waals surface area (Å²) in [5.41, 5.74) is 12.2. The summed E-state index contributed by atoms with van der Waals surface area (Å²) in [6.45, 7) is 6.77. The number of hydrogen-bond donors (Lipinski definition) is 1. The van der Waals surface area contributed by atoms with Crippen LogP contribution in [-0.2, 0) is 22.6 Å². The summed E-state index contributed by atoms with van der Waals surface area (Å²) >= 11 is 0. The number of fused-ring (bicyclic) bond motifs is 1. The summed E-state index contributed by atoms with van der Waals surface area (Å²) in [7, 11) is 0. The Labute approximate surface area is 200 Å². The van der Waals surface area contributed by atoms with Crippen molar-refractivity contribution in [1.82, 2.24) is 0 Å². The number of nitrogens with two attached hydrogens (primary N) is 1. The van der Waals surface area contributed by atoms with E-state index in [1.54, 1.807) is 13.2 Å². The summed E-state index contributed by atoms with van der Waals surface area (Å²) < 4.78 is 17.1. The lowest BCUT2D eigenvalue weighted by Gasteiger charge is -2.17. The molecule has 1 aromatic heterocycles. The molecule has 1 unspecified atom stereocenters. The Morgan fingerprint density at radius 1 is 1.03 bits per heavy atom. The number of carbonyl (C=O) groups is 1. The minimum Gasteiger partial charge on any atom is -0.489 e. The summed E-state index contributed by atoms with van der Waals surface area (Å²) in [5, 5.41) is 1.01. The van der Waals surface area contributed by atoms with Crippen LogP contribution in [0.5, 0.6) is 5.75 Å². The first kappa shape index (κ1) is 23.6. The van der Waals surface area contributed by atoms with Crippen molar-refractivity contribution in [2.75, 3.05) is 6.61 Å². The first-order valence-corrected chi connectivity index (χ1v) is 11.7. The van der Waals surface area contributed by atoms with Crippen LogP contribution in [0.25, 0.3) is 22.1 Å². The maximum Gasteiger partial charge on any atom is 0.310 e. The number of ether oxygens (including phenoxy) is 2. The van der Waals surface area contributed by atoms with Crippen LogP contribution >= 0.6 is 0 Å². The van der Waals surface area contributed by atoms with Gasteiger partial charge in [-0.1, -0.05) is 50.2 Å². The number of para-hydroxylation sites is 1. The number of rotatable bonds is 9. The van der Waals surface area contributed by atoms with E-state index in [9.17, 15) is 4.79 Å². The first-order chi connectivity index (χ1) is 16.5. The topological polar surface area (TPSA) is 74.7 Å². The van der Waals surface area contributed by atoms with Crippen LogP contribution in [0.1, 0.15) is 43.5 Å². The standard InChI is InChI=1S/C29H31NO4/c1-4-32-27(31)17-22-8-5-6-11-26(22)34-18-20-14-24-12-13-33-29(24)25(15-20)21-9-7-10-23(16-21)28(30)19(2)3/h5-16,19,28H,4,17-18,30H2,1-3H3. The van der Waals surface area contributed by atoms with Gasteiger partial charge in [0.2, 0.25) is 0 Å². The lowest BCUT2D eigenvalue weighted by atomic mass is 9.93. The number of carbonyl (C=O) groups excluding carboxylic acids is 1. The molecule has 0 aliphatic rings. The molecule has 0 aliphatic heterocycles. The smallest absolute Gasteiger partial charge is 0.310 e. The molecule has 176 valence electrons. The van der Waals surface area contributed by atoms with E-state index in [1.807, 2.05) is 36.4 Å². The van der Waals surface area contributed by atoms with Crippen LogP contribution in [-0.4, -0.2) is 12.6 Å². The zero-order valence-corrected chi connectivity index (χ0v) is 19.9. The van der Waals surface area contributed by atoms with E-state index in [0.717, 1.165) is 38.8 Å². The van der Waals surface area contributed by atoms with E-state index in [1.165, 1.54) is 0 Å². The lowest BCUT2D eigenvalue weighted by molar-refractivity contribution is -0.142. The van der Waals surface area contributed by atoms with E-state index in [4.69, 9.17) is 19.6 Å². The maximum atomic E-state index is 12.0. The minimum absolute atomic E-state index is 0.0329. The van der Waals surface area contributed by atoms with Crippen LogP contribution in [0.2, 0.25) is 0 Å². The highest BCUT2D eigenvalue weighted by atomic mass is 16.5. The molecule has 4 rings (SSSR count). The van der Waals surface area contributed by atoms with Crippen molar-refractivity contribution in [3.63, 3.8) is 0 Å². The molecule has 3 aromatic carbocycles. The van der Waals surface area contributed by atoms with E-state index < -0.39 is 0 Å². The Kier molecular flexibility index (Phi) is 7.33. The molecule has 0 aliphatic carbocycles. The third kappa shape index (κ3) is 5.32. The fraction of sp³-hybridized carbons (Fsp3) is 0.276. The Morgan fingerprint density at radius 3 is 2.65 bits per heavy atom. The van der Waals surface area contributed by atoms with Gasteiger partial charge in [-0.05, 0) is 59.9 Å². The molecule has 34 heavy (non-hydrogen) atoms. The summed E-state index contributed by atoms with van der Waals surface area (Å²) in [4.78, 5) is 12.0. The van der Waals surface area contributed by atoms with Gasteiger partial charge < -0.3 is 19.6 Å². The van der Waals surface area contributed by atoms with Gasteiger partial charge in [-0.25, -0.2) is 0 Å². The van der Waals surface area contributed by atoms with Crippen LogP contribution in [0.4, 0.5) is 0 Å².